The summed E-state index contributed by atoms with van der Waals surface area (Å²) in [5.41, 5.74) is 2.27. The summed E-state index contributed by atoms with van der Waals surface area (Å²) in [5.74, 6) is -0.292. The van der Waals surface area contributed by atoms with Crippen LogP contribution >= 0.6 is 34.7 Å². The number of thioether (sulfide) groups is 1. The van der Waals surface area contributed by atoms with Gasteiger partial charge in [0.2, 0.25) is 5.91 Å². The number of rotatable bonds is 6. The molecule has 2 aromatic carbocycles. The Kier molecular flexibility index (Phi) is 6.13. The van der Waals surface area contributed by atoms with Crippen molar-refractivity contribution in [2.45, 2.75) is 11.7 Å². The van der Waals surface area contributed by atoms with E-state index in [9.17, 15) is 9.59 Å². The molecule has 9 heteroatoms. The minimum absolute atomic E-state index is 0.122. The quantitative estimate of drug-likeness (QED) is 0.321. The molecule has 0 fully saturated rings. The van der Waals surface area contributed by atoms with E-state index < -0.39 is 0 Å². The summed E-state index contributed by atoms with van der Waals surface area (Å²) in [5, 5.41) is 4.60. The normalized spacial score (nSPS) is 11.2. The van der Waals surface area contributed by atoms with Crippen LogP contribution < -0.4 is 5.32 Å². The largest absolute Gasteiger partial charge is 0.351 e. The van der Waals surface area contributed by atoms with Gasteiger partial charge in [0, 0.05) is 29.0 Å². The Morgan fingerprint density at radius 1 is 1.06 bits per heavy atom. The van der Waals surface area contributed by atoms with Crippen molar-refractivity contribution in [2.75, 3.05) is 5.75 Å². The summed E-state index contributed by atoms with van der Waals surface area (Å²) < 4.78 is 2.49. The van der Waals surface area contributed by atoms with Crippen molar-refractivity contribution in [1.82, 2.24) is 19.9 Å². The van der Waals surface area contributed by atoms with Gasteiger partial charge >= 0.3 is 0 Å². The van der Waals surface area contributed by atoms with Gasteiger partial charge in [-0.2, -0.15) is 0 Å². The van der Waals surface area contributed by atoms with Crippen molar-refractivity contribution < 1.29 is 9.59 Å². The van der Waals surface area contributed by atoms with E-state index >= 15 is 0 Å². The Morgan fingerprint density at radius 2 is 1.88 bits per heavy atom. The van der Waals surface area contributed by atoms with E-state index in [-0.39, 0.29) is 17.6 Å². The first kappa shape index (κ1) is 21.6. The average Bonchev–Trinajstić information content (AvgIpc) is 3.39. The molecule has 0 bridgehead atoms. The smallest absolute Gasteiger partial charge is 0.276 e. The number of para-hydroxylation sites is 2. The van der Waals surface area contributed by atoms with Crippen LogP contribution in [0.15, 0.2) is 78.2 Å². The van der Waals surface area contributed by atoms with Gasteiger partial charge in [-0.25, -0.2) is 4.98 Å². The number of aromatic nitrogens is 3. The van der Waals surface area contributed by atoms with Gasteiger partial charge < -0.3 is 5.32 Å². The highest BCUT2D eigenvalue weighted by molar-refractivity contribution is 7.99. The van der Waals surface area contributed by atoms with Crippen LogP contribution in [0.5, 0.6) is 0 Å². The van der Waals surface area contributed by atoms with Gasteiger partial charge in [0.1, 0.15) is 4.88 Å². The molecule has 0 aliphatic heterocycles. The van der Waals surface area contributed by atoms with Gasteiger partial charge in [-0.1, -0.05) is 59.8 Å². The predicted molar refractivity (Wildman–Crippen MR) is 133 cm³/mol. The van der Waals surface area contributed by atoms with Crippen LogP contribution in [0.1, 0.15) is 15.2 Å². The number of hydrogen-bond acceptors (Lipinski definition) is 6. The summed E-state index contributed by atoms with van der Waals surface area (Å²) in [6.45, 7) is 0.389. The van der Waals surface area contributed by atoms with Crippen LogP contribution in [-0.4, -0.2) is 32.1 Å². The number of nitrogens with one attached hydrogen (secondary N) is 1. The standard InChI is InChI=1S/C24H17ClN4O2S2/c25-21-16-7-1-4-10-19(16)33-22(21)23(31)29-18-9-3-2-8-17(18)28-24(29)32-14-20(30)27-13-15-6-5-11-26-12-15/h1-12H,13-14H2,(H,27,30). The number of carbonyl (C=O) groups excluding carboxylic acids is 2. The fourth-order valence-electron chi connectivity index (χ4n) is 3.43. The zero-order valence-electron chi connectivity index (χ0n) is 17.2. The van der Waals surface area contributed by atoms with E-state index in [1.165, 1.54) is 23.1 Å². The van der Waals surface area contributed by atoms with E-state index in [1.807, 2.05) is 60.7 Å². The summed E-state index contributed by atoms with van der Waals surface area (Å²) >= 11 is 9.15. The molecule has 3 aromatic heterocycles. The lowest BCUT2D eigenvalue weighted by atomic mass is 10.2. The molecule has 0 unspecified atom stereocenters. The maximum atomic E-state index is 13.6. The monoisotopic (exact) mass is 492 g/mol. The Balaban J connectivity index is 1.42. The summed E-state index contributed by atoms with van der Waals surface area (Å²) in [6, 6.07) is 18.8. The van der Waals surface area contributed by atoms with E-state index in [1.54, 1.807) is 17.0 Å². The number of thiophene rings is 1. The molecule has 0 atom stereocenters. The molecule has 1 N–H and O–H groups in total. The Bertz CT molecular complexity index is 1480. The number of benzene rings is 2. The van der Waals surface area contributed by atoms with E-state index in [4.69, 9.17) is 11.6 Å². The second kappa shape index (κ2) is 9.35. The molecule has 5 aromatic rings. The number of fused-ring (bicyclic) bond motifs is 2. The van der Waals surface area contributed by atoms with Crippen molar-refractivity contribution in [1.29, 1.82) is 0 Å². The minimum atomic E-state index is -0.256. The van der Waals surface area contributed by atoms with Crippen molar-refractivity contribution in [3.8, 4) is 0 Å². The SMILES string of the molecule is O=C(CSc1nc2ccccc2n1C(=O)c1sc2ccccc2c1Cl)NCc1cccnc1. The van der Waals surface area contributed by atoms with Gasteiger partial charge in [-0.15, -0.1) is 11.3 Å². The number of imidazole rings is 1. The van der Waals surface area contributed by atoms with Crippen LogP contribution in [0.25, 0.3) is 21.1 Å². The second-order valence-corrected chi connectivity index (χ2v) is 9.56. The molecule has 3 heterocycles. The highest BCUT2D eigenvalue weighted by Crippen LogP contribution is 2.37. The molecule has 6 nitrogen and oxygen atoms in total. The number of hydrogen-bond donors (Lipinski definition) is 1. The molecule has 0 saturated carbocycles. The van der Waals surface area contributed by atoms with Crippen LogP contribution in [0.2, 0.25) is 5.02 Å². The summed E-state index contributed by atoms with van der Waals surface area (Å²) in [7, 11) is 0. The Labute approximate surface area is 202 Å². The van der Waals surface area contributed by atoms with Crippen molar-refractivity contribution >= 4 is 67.6 Å². The van der Waals surface area contributed by atoms with Gasteiger partial charge in [0.25, 0.3) is 5.91 Å². The van der Waals surface area contributed by atoms with Gasteiger partial charge in [0.05, 0.1) is 21.8 Å². The highest BCUT2D eigenvalue weighted by atomic mass is 35.5. The van der Waals surface area contributed by atoms with Crippen LogP contribution in [0, 0.1) is 0 Å². The second-order valence-electron chi connectivity index (χ2n) is 7.19. The van der Waals surface area contributed by atoms with Crippen molar-refractivity contribution in [2.24, 2.45) is 0 Å². The lowest BCUT2D eigenvalue weighted by molar-refractivity contribution is -0.118. The topological polar surface area (TPSA) is 76.9 Å². The lowest BCUT2D eigenvalue weighted by Crippen LogP contribution is -2.25. The first-order valence-corrected chi connectivity index (χ1v) is 12.3. The Hall–Kier alpha value is -3.20. The van der Waals surface area contributed by atoms with Crippen LogP contribution in [-0.2, 0) is 11.3 Å². The third-order valence-corrected chi connectivity index (χ3v) is 7.61. The zero-order valence-corrected chi connectivity index (χ0v) is 19.6. The van der Waals surface area contributed by atoms with Gasteiger partial charge in [0.15, 0.2) is 5.16 Å². The highest BCUT2D eigenvalue weighted by Gasteiger charge is 2.24. The number of carbonyl (C=O) groups is 2. The molecule has 0 aliphatic rings. The van der Waals surface area contributed by atoms with Crippen LogP contribution in [0.4, 0.5) is 0 Å². The summed E-state index contributed by atoms with van der Waals surface area (Å²) in [4.78, 5) is 35.2. The average molecular weight is 493 g/mol. The van der Waals surface area contributed by atoms with Crippen molar-refractivity contribution in [3.63, 3.8) is 0 Å². The maximum absolute atomic E-state index is 13.6. The fourth-order valence-corrected chi connectivity index (χ4v) is 5.71. The molecule has 0 spiro atoms. The molecule has 33 heavy (non-hydrogen) atoms. The third kappa shape index (κ3) is 4.37. The molecular weight excluding hydrogens is 476 g/mol. The van der Waals surface area contributed by atoms with Gasteiger partial charge in [-0.05, 0) is 29.8 Å². The Morgan fingerprint density at radius 3 is 2.70 bits per heavy atom. The van der Waals surface area contributed by atoms with E-state index in [0.717, 1.165) is 15.6 Å². The number of nitrogens with zero attached hydrogens (tertiary/aromatic N) is 3. The molecule has 5 rings (SSSR count). The molecule has 1 amide bonds. The van der Waals surface area contributed by atoms with Crippen molar-refractivity contribution in [3.05, 3.63) is 88.5 Å². The molecule has 0 aliphatic carbocycles. The minimum Gasteiger partial charge on any atom is -0.351 e. The van der Waals surface area contributed by atoms with Crippen LogP contribution in [0.3, 0.4) is 0 Å². The summed E-state index contributed by atoms with van der Waals surface area (Å²) in [6.07, 6.45) is 3.39. The zero-order chi connectivity index (χ0) is 22.8. The number of amides is 1. The van der Waals surface area contributed by atoms with E-state index in [0.29, 0.717) is 32.6 Å². The predicted octanol–water partition coefficient (Wildman–Crippen LogP) is 5.40. The first-order valence-electron chi connectivity index (χ1n) is 10.1. The van der Waals surface area contributed by atoms with E-state index in [2.05, 4.69) is 15.3 Å². The maximum Gasteiger partial charge on any atom is 0.276 e. The molecule has 0 saturated heterocycles. The molecule has 0 radical (unpaired) electrons. The number of pyridine rings is 1. The molecule has 164 valence electrons. The van der Waals surface area contributed by atoms with Gasteiger partial charge in [-0.3, -0.25) is 19.1 Å². The molecular formula is C24H17ClN4O2S2. The first-order chi connectivity index (χ1) is 16.1. The third-order valence-electron chi connectivity index (χ3n) is 5.01. The fraction of sp³-hybridized carbons (Fsp3) is 0.0833. The number of halogens is 1. The lowest BCUT2D eigenvalue weighted by Gasteiger charge is -2.08.